The minimum atomic E-state index is -0.231. The predicted octanol–water partition coefficient (Wildman–Crippen LogP) is 0.839. The van der Waals surface area contributed by atoms with E-state index in [0.717, 1.165) is 12.5 Å². The molecule has 1 heterocycles. The van der Waals surface area contributed by atoms with Gasteiger partial charge in [0.05, 0.1) is 6.04 Å². The lowest BCUT2D eigenvalue weighted by Crippen LogP contribution is -2.46. The van der Waals surface area contributed by atoms with Crippen molar-refractivity contribution in [3.8, 4) is 0 Å². The highest BCUT2D eigenvalue weighted by molar-refractivity contribution is 7.99. The van der Waals surface area contributed by atoms with E-state index >= 15 is 0 Å². The molecule has 1 amide bonds. The van der Waals surface area contributed by atoms with Gasteiger partial charge >= 0.3 is 0 Å². The average molecular weight is 216 g/mol. The number of thioether (sulfide) groups is 1. The molecule has 14 heavy (non-hydrogen) atoms. The zero-order chi connectivity index (χ0) is 10.6. The molecule has 0 radical (unpaired) electrons. The summed E-state index contributed by atoms with van der Waals surface area (Å²) in [6.07, 6.45) is 1.27. The quantitative estimate of drug-likeness (QED) is 0.716. The summed E-state index contributed by atoms with van der Waals surface area (Å²) in [7, 11) is 0. The lowest BCUT2D eigenvalue weighted by Gasteiger charge is -2.20. The average Bonchev–Trinajstić information content (AvgIpc) is 2.55. The van der Waals surface area contributed by atoms with Crippen LogP contribution in [0, 0.1) is 11.8 Å². The van der Waals surface area contributed by atoms with Crippen LogP contribution in [-0.2, 0) is 4.79 Å². The van der Waals surface area contributed by atoms with Crippen LogP contribution in [0.1, 0.15) is 20.3 Å². The van der Waals surface area contributed by atoms with Gasteiger partial charge in [-0.2, -0.15) is 11.8 Å². The van der Waals surface area contributed by atoms with Crippen LogP contribution in [-0.4, -0.2) is 30.0 Å². The molecule has 1 aliphatic rings. The second-order valence-electron chi connectivity index (χ2n) is 4.26. The Hall–Kier alpha value is -0.220. The number of carbonyl (C=O) groups excluding carboxylic acids is 1. The molecule has 0 aromatic carbocycles. The largest absolute Gasteiger partial charge is 0.368 e. The number of nitrogens with two attached hydrogens (primary N) is 1. The normalized spacial score (nSPS) is 24.1. The van der Waals surface area contributed by atoms with E-state index in [4.69, 9.17) is 5.73 Å². The third kappa shape index (κ3) is 3.50. The van der Waals surface area contributed by atoms with Gasteiger partial charge in [-0.05, 0) is 36.3 Å². The molecule has 0 aromatic heterocycles. The van der Waals surface area contributed by atoms with Crippen LogP contribution in [0.5, 0.6) is 0 Å². The molecule has 3 nitrogen and oxygen atoms in total. The van der Waals surface area contributed by atoms with E-state index in [0.29, 0.717) is 0 Å². The molecular weight excluding hydrogens is 196 g/mol. The molecule has 82 valence electrons. The second kappa shape index (κ2) is 5.61. The van der Waals surface area contributed by atoms with Crippen LogP contribution < -0.4 is 11.1 Å². The monoisotopic (exact) mass is 216 g/mol. The van der Waals surface area contributed by atoms with Gasteiger partial charge in [-0.1, -0.05) is 13.8 Å². The van der Waals surface area contributed by atoms with Gasteiger partial charge < -0.3 is 11.1 Å². The van der Waals surface area contributed by atoms with Gasteiger partial charge in [0.25, 0.3) is 0 Å². The first-order valence-electron chi connectivity index (χ1n) is 5.21. The molecule has 1 aliphatic heterocycles. The summed E-state index contributed by atoms with van der Waals surface area (Å²) >= 11 is 1.99. The Kier molecular flexibility index (Phi) is 4.75. The Morgan fingerprint density at radius 3 is 2.79 bits per heavy atom. The van der Waals surface area contributed by atoms with E-state index in [2.05, 4.69) is 5.32 Å². The summed E-state index contributed by atoms with van der Waals surface area (Å²) in [5, 5.41) is 3.27. The maximum Gasteiger partial charge on any atom is 0.234 e. The van der Waals surface area contributed by atoms with E-state index < -0.39 is 0 Å². The van der Waals surface area contributed by atoms with Crippen molar-refractivity contribution in [2.75, 3.05) is 18.1 Å². The first kappa shape index (κ1) is 11.9. The van der Waals surface area contributed by atoms with Crippen LogP contribution in [0.4, 0.5) is 0 Å². The van der Waals surface area contributed by atoms with Crippen molar-refractivity contribution >= 4 is 17.7 Å². The highest BCUT2D eigenvalue weighted by atomic mass is 32.2. The first-order valence-corrected chi connectivity index (χ1v) is 6.37. The number of nitrogens with one attached hydrogen (secondary N) is 1. The third-order valence-electron chi connectivity index (χ3n) is 2.62. The summed E-state index contributed by atoms with van der Waals surface area (Å²) in [5.74, 6) is 3.25. The fourth-order valence-electron chi connectivity index (χ4n) is 1.70. The van der Waals surface area contributed by atoms with Gasteiger partial charge in [0.1, 0.15) is 0 Å². The lowest BCUT2D eigenvalue weighted by molar-refractivity contribution is -0.121. The topological polar surface area (TPSA) is 55.1 Å². The second-order valence-corrected chi connectivity index (χ2v) is 5.41. The number of amides is 1. The molecule has 4 heteroatoms. The molecule has 1 rings (SSSR count). The minimum Gasteiger partial charge on any atom is -0.368 e. The van der Waals surface area contributed by atoms with E-state index in [9.17, 15) is 4.79 Å². The number of carbonyl (C=O) groups is 1. The first-order chi connectivity index (χ1) is 6.61. The van der Waals surface area contributed by atoms with Crippen molar-refractivity contribution in [2.24, 2.45) is 17.6 Å². The van der Waals surface area contributed by atoms with Crippen LogP contribution in [0.25, 0.3) is 0 Å². The summed E-state index contributed by atoms with van der Waals surface area (Å²) in [4.78, 5) is 11.1. The van der Waals surface area contributed by atoms with Gasteiger partial charge in [0.2, 0.25) is 5.91 Å². The van der Waals surface area contributed by atoms with Crippen molar-refractivity contribution in [3.63, 3.8) is 0 Å². The molecule has 0 aliphatic carbocycles. The molecule has 2 atom stereocenters. The van der Waals surface area contributed by atoms with Crippen molar-refractivity contribution < 1.29 is 4.79 Å². The van der Waals surface area contributed by atoms with E-state index in [1.807, 2.05) is 25.6 Å². The van der Waals surface area contributed by atoms with E-state index in [-0.39, 0.29) is 17.9 Å². The molecule has 3 N–H and O–H groups in total. The summed E-state index contributed by atoms with van der Waals surface area (Å²) in [6, 6.07) is -0.166. The van der Waals surface area contributed by atoms with Gasteiger partial charge in [-0.25, -0.2) is 0 Å². The van der Waals surface area contributed by atoms with Crippen LogP contribution in [0.3, 0.4) is 0 Å². The molecule has 1 saturated heterocycles. The van der Waals surface area contributed by atoms with Gasteiger partial charge in [-0.3, -0.25) is 4.79 Å². The molecular formula is C10H20N2OS. The molecule has 0 aromatic rings. The molecule has 0 bridgehead atoms. The zero-order valence-electron chi connectivity index (χ0n) is 8.95. The number of hydrogen-bond donors (Lipinski definition) is 2. The van der Waals surface area contributed by atoms with Crippen LogP contribution in [0.2, 0.25) is 0 Å². The number of hydrogen-bond acceptors (Lipinski definition) is 3. The lowest BCUT2D eigenvalue weighted by atomic mass is 10.0. The fraction of sp³-hybridized carbons (Fsp3) is 0.900. The minimum absolute atomic E-state index is 0.166. The maximum absolute atomic E-state index is 11.1. The smallest absolute Gasteiger partial charge is 0.234 e. The van der Waals surface area contributed by atoms with Crippen molar-refractivity contribution in [3.05, 3.63) is 0 Å². The third-order valence-corrected chi connectivity index (χ3v) is 3.86. The SMILES string of the molecule is CC(C)C(NCC1CCSC1)C(N)=O. The number of primary amides is 1. The van der Waals surface area contributed by atoms with Gasteiger partial charge in [-0.15, -0.1) is 0 Å². The van der Waals surface area contributed by atoms with Crippen molar-refractivity contribution in [1.29, 1.82) is 0 Å². The highest BCUT2D eigenvalue weighted by Crippen LogP contribution is 2.22. The Morgan fingerprint density at radius 2 is 2.36 bits per heavy atom. The Balaban J connectivity index is 2.28. The summed E-state index contributed by atoms with van der Waals surface area (Å²) in [6.45, 7) is 4.97. The van der Waals surface area contributed by atoms with E-state index in [1.54, 1.807) is 0 Å². The summed E-state index contributed by atoms with van der Waals surface area (Å²) < 4.78 is 0. The zero-order valence-corrected chi connectivity index (χ0v) is 9.77. The van der Waals surface area contributed by atoms with E-state index in [1.165, 1.54) is 17.9 Å². The van der Waals surface area contributed by atoms with Gasteiger partial charge in [0.15, 0.2) is 0 Å². The molecule has 0 saturated carbocycles. The molecule has 0 spiro atoms. The number of rotatable bonds is 5. The van der Waals surface area contributed by atoms with Crippen molar-refractivity contribution in [2.45, 2.75) is 26.3 Å². The Morgan fingerprint density at radius 1 is 1.64 bits per heavy atom. The van der Waals surface area contributed by atoms with Crippen LogP contribution in [0.15, 0.2) is 0 Å². The van der Waals surface area contributed by atoms with Crippen LogP contribution >= 0.6 is 11.8 Å². The fourth-order valence-corrected chi connectivity index (χ4v) is 2.99. The maximum atomic E-state index is 11.1. The summed E-state index contributed by atoms with van der Waals surface area (Å²) in [5.41, 5.74) is 5.32. The highest BCUT2D eigenvalue weighted by Gasteiger charge is 2.21. The molecule has 2 unspecified atom stereocenters. The Bertz CT molecular complexity index is 191. The standard InChI is InChI=1S/C10H20N2OS/c1-7(2)9(10(11)13)12-5-8-3-4-14-6-8/h7-9,12H,3-6H2,1-2H3,(H2,11,13). The Labute approximate surface area is 90.2 Å². The van der Waals surface area contributed by atoms with Gasteiger partial charge in [0, 0.05) is 0 Å². The van der Waals surface area contributed by atoms with Crippen molar-refractivity contribution in [1.82, 2.24) is 5.32 Å². The predicted molar refractivity (Wildman–Crippen MR) is 61.3 cm³/mol. The molecule has 1 fully saturated rings.